The smallest absolute Gasteiger partial charge is 0.115 e. The summed E-state index contributed by atoms with van der Waals surface area (Å²) in [6.07, 6.45) is 10.6. The van der Waals surface area contributed by atoms with Crippen LogP contribution in [0.25, 0.3) is 0 Å². The zero-order valence-corrected chi connectivity index (χ0v) is 11.7. The van der Waals surface area contributed by atoms with Crippen molar-refractivity contribution in [1.29, 1.82) is 0 Å². The summed E-state index contributed by atoms with van der Waals surface area (Å²) >= 11 is 0. The van der Waals surface area contributed by atoms with Gasteiger partial charge in [0.2, 0.25) is 0 Å². The summed E-state index contributed by atoms with van der Waals surface area (Å²) < 4.78 is 0. The van der Waals surface area contributed by atoms with Gasteiger partial charge < -0.3 is 5.11 Å². The molecule has 0 spiro atoms. The van der Waals surface area contributed by atoms with Gasteiger partial charge in [-0.3, -0.25) is 0 Å². The fourth-order valence-electron chi connectivity index (χ4n) is 1.95. The van der Waals surface area contributed by atoms with E-state index in [1.807, 2.05) is 12.1 Å². The first kappa shape index (κ1) is 16.5. The minimum Gasteiger partial charge on any atom is -0.508 e. The molecule has 1 nitrogen and oxygen atoms in total. The number of phenolic OH excluding ortho intramolecular Hbond substituents is 1. The average Bonchev–Trinajstić information content (AvgIpc) is 2.30. The molecule has 0 aromatic heterocycles. The summed E-state index contributed by atoms with van der Waals surface area (Å²) in [6.45, 7) is 2.25. The van der Waals surface area contributed by atoms with Gasteiger partial charge in [-0.2, -0.15) is 0 Å². The van der Waals surface area contributed by atoms with E-state index in [1.165, 1.54) is 50.5 Å². The van der Waals surface area contributed by atoms with Crippen molar-refractivity contribution in [3.05, 3.63) is 29.8 Å². The van der Waals surface area contributed by atoms with Gasteiger partial charge in [-0.25, -0.2) is 0 Å². The van der Waals surface area contributed by atoms with Gasteiger partial charge in [0.15, 0.2) is 0 Å². The van der Waals surface area contributed by atoms with Crippen molar-refractivity contribution >= 4 is 0 Å². The van der Waals surface area contributed by atoms with Crippen molar-refractivity contribution in [3.63, 3.8) is 0 Å². The van der Waals surface area contributed by atoms with Crippen LogP contribution in [0.5, 0.6) is 5.75 Å². The molecule has 0 heterocycles. The van der Waals surface area contributed by atoms with Crippen LogP contribution in [0.4, 0.5) is 0 Å². The van der Waals surface area contributed by atoms with Crippen LogP contribution in [0.2, 0.25) is 0 Å². The van der Waals surface area contributed by atoms with Crippen molar-refractivity contribution in [2.45, 2.75) is 58.3 Å². The van der Waals surface area contributed by atoms with Crippen molar-refractivity contribution in [3.8, 4) is 5.75 Å². The van der Waals surface area contributed by atoms with Crippen LogP contribution in [0.1, 0.15) is 57.4 Å². The van der Waals surface area contributed by atoms with Crippen LogP contribution in [0.3, 0.4) is 0 Å². The van der Waals surface area contributed by atoms with Gasteiger partial charge in [0.05, 0.1) is 0 Å². The van der Waals surface area contributed by atoms with Gasteiger partial charge in [-0.05, 0) is 30.5 Å². The van der Waals surface area contributed by atoms with Crippen LogP contribution in [-0.4, -0.2) is 5.11 Å². The standard InChI is InChI=1S/C15H24O.Ni/c1-2-3-4-5-6-7-8-9-14-10-12-15(16)13-11-14;/h10-13,16H,2-9H2,1H3;. The summed E-state index contributed by atoms with van der Waals surface area (Å²) in [5.74, 6) is 0.364. The first-order chi connectivity index (χ1) is 7.83. The van der Waals surface area contributed by atoms with Gasteiger partial charge in [0.25, 0.3) is 0 Å². The van der Waals surface area contributed by atoms with Crippen LogP contribution < -0.4 is 0 Å². The summed E-state index contributed by atoms with van der Waals surface area (Å²) in [6, 6.07) is 7.59. The molecule has 100 valence electrons. The maximum Gasteiger partial charge on any atom is 0.115 e. The van der Waals surface area contributed by atoms with E-state index in [4.69, 9.17) is 5.11 Å². The Labute approximate surface area is 116 Å². The van der Waals surface area contributed by atoms with Crippen molar-refractivity contribution in [2.75, 3.05) is 0 Å². The summed E-state index contributed by atoms with van der Waals surface area (Å²) in [5, 5.41) is 9.15. The molecule has 2 heteroatoms. The Bertz CT molecular complexity index is 269. The van der Waals surface area contributed by atoms with Crippen LogP contribution in [-0.2, 0) is 22.9 Å². The predicted octanol–water partition coefficient (Wildman–Crippen LogP) is 4.68. The molecule has 1 rings (SSSR count). The van der Waals surface area contributed by atoms with E-state index in [0.29, 0.717) is 5.75 Å². The predicted molar refractivity (Wildman–Crippen MR) is 69.8 cm³/mol. The number of unbranched alkanes of at least 4 members (excludes halogenated alkanes) is 6. The molecule has 0 aliphatic carbocycles. The van der Waals surface area contributed by atoms with Gasteiger partial charge in [0, 0.05) is 16.5 Å². The number of benzene rings is 1. The number of phenols is 1. The molecule has 0 saturated heterocycles. The van der Waals surface area contributed by atoms with E-state index >= 15 is 0 Å². The second-order valence-corrected chi connectivity index (χ2v) is 4.54. The average molecular weight is 279 g/mol. The summed E-state index contributed by atoms with van der Waals surface area (Å²) in [5.41, 5.74) is 1.34. The molecule has 0 unspecified atom stereocenters. The quantitative estimate of drug-likeness (QED) is 0.541. The SMILES string of the molecule is CCCCCCCCCc1ccc(O)cc1.[Ni]. The fraction of sp³-hybridized carbons (Fsp3) is 0.600. The molecule has 0 radical (unpaired) electrons. The number of hydrogen-bond acceptors (Lipinski definition) is 1. The van der Waals surface area contributed by atoms with Gasteiger partial charge in [-0.1, -0.05) is 57.6 Å². The Morgan fingerprint density at radius 3 is 1.94 bits per heavy atom. The van der Waals surface area contributed by atoms with E-state index in [2.05, 4.69) is 6.92 Å². The second-order valence-electron chi connectivity index (χ2n) is 4.54. The number of rotatable bonds is 8. The maximum absolute atomic E-state index is 9.15. The molecule has 1 aromatic rings. The topological polar surface area (TPSA) is 20.2 Å². The Morgan fingerprint density at radius 2 is 1.35 bits per heavy atom. The zero-order chi connectivity index (χ0) is 11.6. The molecule has 0 amide bonds. The molecule has 1 N–H and O–H groups in total. The minimum atomic E-state index is 0. The van der Waals surface area contributed by atoms with Crippen molar-refractivity contribution in [1.82, 2.24) is 0 Å². The molecule has 0 atom stereocenters. The molecule has 1 aromatic carbocycles. The van der Waals surface area contributed by atoms with E-state index in [1.54, 1.807) is 12.1 Å². The third kappa shape index (κ3) is 8.27. The molecule has 17 heavy (non-hydrogen) atoms. The normalized spacial score (nSPS) is 9.94. The van der Waals surface area contributed by atoms with Gasteiger partial charge in [0.1, 0.15) is 5.75 Å². The monoisotopic (exact) mass is 278 g/mol. The van der Waals surface area contributed by atoms with E-state index < -0.39 is 0 Å². The van der Waals surface area contributed by atoms with Crippen LogP contribution in [0.15, 0.2) is 24.3 Å². The summed E-state index contributed by atoms with van der Waals surface area (Å²) in [4.78, 5) is 0. The molecule has 0 fully saturated rings. The Kier molecular flexibility index (Phi) is 10.3. The first-order valence-electron chi connectivity index (χ1n) is 6.61. The molecular formula is C15H24NiO. The molecule has 0 bridgehead atoms. The second kappa shape index (κ2) is 10.7. The van der Waals surface area contributed by atoms with E-state index in [0.717, 1.165) is 6.42 Å². The fourth-order valence-corrected chi connectivity index (χ4v) is 1.95. The van der Waals surface area contributed by atoms with Gasteiger partial charge in [-0.15, -0.1) is 0 Å². The summed E-state index contributed by atoms with van der Waals surface area (Å²) in [7, 11) is 0. The number of aryl methyl sites for hydroxylation is 1. The van der Waals surface area contributed by atoms with E-state index in [-0.39, 0.29) is 16.5 Å². The first-order valence-corrected chi connectivity index (χ1v) is 6.61. The molecule has 0 saturated carbocycles. The Hall–Kier alpha value is -0.486. The number of aromatic hydroxyl groups is 1. The Balaban J connectivity index is 0.00000256. The maximum atomic E-state index is 9.15. The largest absolute Gasteiger partial charge is 0.508 e. The third-order valence-electron chi connectivity index (χ3n) is 3.01. The molecule has 0 aliphatic heterocycles. The Morgan fingerprint density at radius 1 is 0.824 bits per heavy atom. The minimum absolute atomic E-state index is 0. The molecular weight excluding hydrogens is 255 g/mol. The zero-order valence-electron chi connectivity index (χ0n) is 10.7. The van der Waals surface area contributed by atoms with Crippen LogP contribution in [0, 0.1) is 0 Å². The van der Waals surface area contributed by atoms with E-state index in [9.17, 15) is 0 Å². The van der Waals surface area contributed by atoms with Crippen LogP contribution >= 0.6 is 0 Å². The van der Waals surface area contributed by atoms with Crippen molar-refractivity contribution in [2.24, 2.45) is 0 Å². The molecule has 0 aliphatic rings. The van der Waals surface area contributed by atoms with Gasteiger partial charge >= 0.3 is 0 Å². The van der Waals surface area contributed by atoms with Crippen molar-refractivity contribution < 1.29 is 21.6 Å². The third-order valence-corrected chi connectivity index (χ3v) is 3.01. The number of hydrogen-bond donors (Lipinski definition) is 1.